The molecule has 10 nitrogen and oxygen atoms in total. The van der Waals surface area contributed by atoms with Crippen LogP contribution >= 0.6 is 0 Å². The van der Waals surface area contributed by atoms with E-state index >= 15 is 0 Å². The molecule has 6 aliphatic rings. The molecule has 1 aliphatic heterocycles. The molecule has 5 N–H and O–H groups in total. The van der Waals surface area contributed by atoms with Crippen molar-refractivity contribution in [2.75, 3.05) is 48.1 Å². The van der Waals surface area contributed by atoms with Crippen molar-refractivity contribution in [2.45, 2.75) is 73.6 Å². The summed E-state index contributed by atoms with van der Waals surface area (Å²) in [6, 6.07) is -0.240. The molecule has 6 fully saturated rings. The van der Waals surface area contributed by atoms with Crippen LogP contribution in [-0.2, 0) is 18.9 Å². The highest BCUT2D eigenvalue weighted by Crippen LogP contribution is 2.79. The van der Waals surface area contributed by atoms with Gasteiger partial charge in [-0.15, -0.1) is 0 Å². The maximum absolute atomic E-state index is 12.6. The van der Waals surface area contributed by atoms with Gasteiger partial charge in [0.15, 0.2) is 0 Å². The maximum atomic E-state index is 12.6. The second kappa shape index (κ2) is 7.59. The van der Waals surface area contributed by atoms with Crippen molar-refractivity contribution in [3.8, 4) is 0 Å². The summed E-state index contributed by atoms with van der Waals surface area (Å²) in [5, 5.41) is 59.3. The first-order valence-corrected chi connectivity index (χ1v) is 12.9. The van der Waals surface area contributed by atoms with Crippen LogP contribution in [0.1, 0.15) is 19.8 Å². The van der Waals surface area contributed by atoms with E-state index in [2.05, 4.69) is 11.8 Å². The van der Waals surface area contributed by atoms with Gasteiger partial charge in [0.2, 0.25) is 0 Å². The van der Waals surface area contributed by atoms with Crippen molar-refractivity contribution in [3.05, 3.63) is 0 Å². The molecule has 7 bridgehead atoms. The Balaban J connectivity index is 1.68. The fourth-order valence-electron chi connectivity index (χ4n) is 11.0. The fraction of sp³-hybridized carbons (Fsp3) is 1.00. The zero-order chi connectivity index (χ0) is 25.3. The monoisotopic (exact) mass is 499 g/mol. The molecular weight excluding hydrogens is 458 g/mol. The van der Waals surface area contributed by atoms with Crippen LogP contribution in [0, 0.1) is 34.5 Å². The molecule has 0 aromatic carbocycles. The van der Waals surface area contributed by atoms with Crippen LogP contribution in [-0.4, -0.2) is 132 Å². The summed E-state index contributed by atoms with van der Waals surface area (Å²) in [6.07, 6.45) is -4.95. The molecule has 1 spiro atoms. The van der Waals surface area contributed by atoms with Gasteiger partial charge in [0.25, 0.3) is 0 Å². The van der Waals surface area contributed by atoms with Gasteiger partial charge in [0.05, 0.1) is 31.0 Å². The summed E-state index contributed by atoms with van der Waals surface area (Å²) in [5.74, 6) is -2.04. The van der Waals surface area contributed by atoms with Gasteiger partial charge in [-0.2, -0.15) is 0 Å². The third kappa shape index (κ3) is 2.35. The van der Waals surface area contributed by atoms with Crippen LogP contribution in [0.3, 0.4) is 0 Å². The van der Waals surface area contributed by atoms with Gasteiger partial charge < -0.3 is 44.5 Å². The maximum Gasteiger partial charge on any atom is 0.120 e. The Labute approximate surface area is 206 Å². The average Bonchev–Trinajstić information content (AvgIpc) is 3.19. The van der Waals surface area contributed by atoms with Crippen LogP contribution in [0.25, 0.3) is 0 Å². The number of aliphatic hydroxyl groups excluding tert-OH is 3. The second-order valence-electron chi connectivity index (χ2n) is 12.1. The first kappa shape index (κ1) is 24.9. The molecule has 15 atom stereocenters. The largest absolute Gasteiger partial charge is 0.392 e. The smallest absolute Gasteiger partial charge is 0.120 e. The zero-order valence-corrected chi connectivity index (χ0v) is 21.2. The van der Waals surface area contributed by atoms with Crippen molar-refractivity contribution in [1.29, 1.82) is 0 Å². The Morgan fingerprint density at radius 3 is 2.23 bits per heavy atom. The summed E-state index contributed by atoms with van der Waals surface area (Å²) in [7, 11) is 6.29. The Kier molecular flexibility index (Phi) is 5.40. The third-order valence-electron chi connectivity index (χ3n) is 11.7. The average molecular weight is 500 g/mol. The minimum Gasteiger partial charge on any atom is -0.392 e. The lowest BCUT2D eigenvalue weighted by Gasteiger charge is -2.70. The van der Waals surface area contributed by atoms with Crippen LogP contribution in [0.4, 0.5) is 0 Å². The molecule has 35 heavy (non-hydrogen) atoms. The van der Waals surface area contributed by atoms with E-state index < -0.39 is 76.4 Å². The van der Waals surface area contributed by atoms with Gasteiger partial charge in [-0.25, -0.2) is 0 Å². The van der Waals surface area contributed by atoms with Crippen molar-refractivity contribution in [2.24, 2.45) is 34.5 Å². The minimum atomic E-state index is -1.76. The summed E-state index contributed by atoms with van der Waals surface area (Å²) < 4.78 is 23.7. The highest BCUT2D eigenvalue weighted by atomic mass is 16.5. The molecule has 0 radical (unpaired) electrons. The van der Waals surface area contributed by atoms with E-state index in [1.807, 2.05) is 0 Å². The van der Waals surface area contributed by atoms with E-state index in [1.54, 1.807) is 21.3 Å². The van der Waals surface area contributed by atoms with Gasteiger partial charge in [-0.05, 0) is 18.9 Å². The number of hydrogen-bond donors (Lipinski definition) is 5. The quantitative estimate of drug-likeness (QED) is 0.285. The van der Waals surface area contributed by atoms with E-state index in [0.717, 1.165) is 0 Å². The molecule has 1 unspecified atom stereocenters. The van der Waals surface area contributed by atoms with E-state index in [1.165, 1.54) is 7.11 Å². The number of ether oxygens (including phenoxy) is 4. The number of piperidine rings is 1. The predicted molar refractivity (Wildman–Crippen MR) is 121 cm³/mol. The predicted octanol–water partition coefficient (Wildman–Crippen LogP) is -1.79. The fourth-order valence-corrected chi connectivity index (χ4v) is 11.0. The lowest BCUT2D eigenvalue weighted by Crippen LogP contribution is -2.81. The summed E-state index contributed by atoms with van der Waals surface area (Å²) in [4.78, 5) is 2.29. The summed E-state index contributed by atoms with van der Waals surface area (Å²) in [6.45, 7) is 3.58. The van der Waals surface area contributed by atoms with Crippen molar-refractivity contribution < 1.29 is 44.5 Å². The van der Waals surface area contributed by atoms with Gasteiger partial charge in [0, 0.05) is 76.0 Å². The number of likely N-dealkylation sites (tertiary alicyclic amines) is 1. The van der Waals surface area contributed by atoms with Gasteiger partial charge in [0.1, 0.15) is 23.4 Å². The number of nitrogens with zero attached hydrogens (tertiary/aromatic N) is 1. The summed E-state index contributed by atoms with van der Waals surface area (Å²) in [5.41, 5.74) is -4.81. The van der Waals surface area contributed by atoms with Crippen molar-refractivity contribution in [3.63, 3.8) is 0 Å². The van der Waals surface area contributed by atoms with Crippen molar-refractivity contribution >= 4 is 0 Å². The first-order valence-electron chi connectivity index (χ1n) is 12.9. The molecule has 5 aliphatic carbocycles. The SMILES string of the molecule is CCN1C[C@]2(COC)C(O)C[C@H](OC)[C@@]34[C@@H]5C[C@]6(O)[C@H](O)[C@@H]5[C@@](O)([C@@H]([C@H](OC)[C@H]23)[C@@H]14)[C@@H](O)[C@@H]6OC. The highest BCUT2D eigenvalue weighted by molar-refractivity contribution is 5.39. The Hall–Kier alpha value is -0.400. The molecule has 0 aromatic heterocycles. The Morgan fingerprint density at radius 1 is 0.943 bits per heavy atom. The van der Waals surface area contributed by atoms with E-state index in [-0.39, 0.29) is 18.4 Å². The lowest BCUT2D eigenvalue weighted by atomic mass is 9.42. The molecule has 10 heteroatoms. The number of rotatable bonds is 6. The molecule has 0 aromatic rings. The first-order chi connectivity index (χ1) is 16.6. The van der Waals surface area contributed by atoms with E-state index in [4.69, 9.17) is 18.9 Å². The highest BCUT2D eigenvalue weighted by Gasteiger charge is 2.90. The lowest BCUT2D eigenvalue weighted by molar-refractivity contribution is -0.320. The van der Waals surface area contributed by atoms with Crippen LogP contribution in [0.15, 0.2) is 0 Å². The van der Waals surface area contributed by atoms with E-state index in [9.17, 15) is 25.5 Å². The standard InChI is InChI=1S/C25H41NO9/c1-6-26-9-22(10-32-2)12(27)7-13(33-3)24-11-8-23(30)19(28)14(11)25(31,20(29)21(23)35-5)15(18(24)26)16(34-4)17(22)24/h11-21,27-31H,6-10H2,1-5H3/t11-,12?,13+,14-,15+,16+,17-,18-,19-,20+,21+,22+,23+,24+,25-/m1/s1. The van der Waals surface area contributed by atoms with Gasteiger partial charge in [-0.3, -0.25) is 4.90 Å². The van der Waals surface area contributed by atoms with Crippen molar-refractivity contribution in [1.82, 2.24) is 4.90 Å². The van der Waals surface area contributed by atoms with Gasteiger partial charge >= 0.3 is 0 Å². The molecular formula is C25H41NO9. The molecule has 0 amide bonds. The molecule has 5 saturated carbocycles. The topological polar surface area (TPSA) is 141 Å². The normalized spacial score (nSPS) is 62.4. The van der Waals surface area contributed by atoms with Gasteiger partial charge in [-0.1, -0.05) is 6.92 Å². The van der Waals surface area contributed by atoms with Crippen LogP contribution < -0.4 is 0 Å². The Morgan fingerprint density at radius 2 is 1.66 bits per heavy atom. The Bertz CT molecular complexity index is 878. The molecule has 200 valence electrons. The zero-order valence-electron chi connectivity index (χ0n) is 21.2. The van der Waals surface area contributed by atoms with E-state index in [0.29, 0.717) is 26.1 Å². The number of aliphatic hydroxyl groups is 5. The molecule has 1 heterocycles. The number of fused-ring (bicyclic) bond motifs is 2. The molecule has 1 saturated heterocycles. The van der Waals surface area contributed by atoms with Crippen LogP contribution in [0.2, 0.25) is 0 Å². The number of hydrogen-bond acceptors (Lipinski definition) is 10. The van der Waals surface area contributed by atoms with Crippen LogP contribution in [0.5, 0.6) is 0 Å². The summed E-state index contributed by atoms with van der Waals surface area (Å²) >= 11 is 0. The third-order valence-corrected chi connectivity index (χ3v) is 11.7. The minimum absolute atomic E-state index is 0.156. The second-order valence-corrected chi connectivity index (χ2v) is 12.1. The molecule has 6 rings (SSSR count). The number of methoxy groups -OCH3 is 4.